The summed E-state index contributed by atoms with van der Waals surface area (Å²) < 4.78 is 13.0. The maximum atomic E-state index is 13.0. The Balaban J connectivity index is 1.92. The van der Waals surface area contributed by atoms with Gasteiger partial charge >= 0.3 is 0 Å². The number of carbonyl (C=O) groups is 1. The van der Waals surface area contributed by atoms with Gasteiger partial charge in [0.05, 0.1) is 6.54 Å². The highest BCUT2D eigenvalue weighted by atomic mass is 19.1. The van der Waals surface area contributed by atoms with E-state index >= 15 is 0 Å². The maximum Gasteiger partial charge on any atom is 0.243 e. The molecule has 0 atom stereocenters. The highest BCUT2D eigenvalue weighted by molar-refractivity contribution is 5.93. The van der Waals surface area contributed by atoms with Crippen LogP contribution in [0.1, 0.15) is 11.1 Å². The average Bonchev–Trinajstić information content (AvgIpc) is 2.35. The Labute approximate surface area is 117 Å². The first-order valence-electron chi connectivity index (χ1n) is 6.40. The summed E-state index contributed by atoms with van der Waals surface area (Å²) in [5.41, 5.74) is 3.63. The predicted octanol–water partition coefficient (Wildman–Crippen LogP) is 3.49. The summed E-state index contributed by atoms with van der Waals surface area (Å²) in [7, 11) is 0. The summed E-state index contributed by atoms with van der Waals surface area (Å²) >= 11 is 0. The Kier molecular flexibility index (Phi) is 4.35. The molecule has 20 heavy (non-hydrogen) atoms. The standard InChI is InChI=1S/C16H17FN2O/c1-11-6-12(2)8-15(7-11)18-10-16(20)19-14-5-3-4-13(17)9-14/h3-9,18H,10H2,1-2H3,(H,19,20). The molecule has 0 spiro atoms. The van der Waals surface area contributed by atoms with Crippen LogP contribution >= 0.6 is 0 Å². The number of benzene rings is 2. The summed E-state index contributed by atoms with van der Waals surface area (Å²) in [6.45, 7) is 4.15. The van der Waals surface area contributed by atoms with Gasteiger partial charge in [0.25, 0.3) is 0 Å². The molecule has 0 heterocycles. The van der Waals surface area contributed by atoms with Crippen LogP contribution in [0.15, 0.2) is 42.5 Å². The van der Waals surface area contributed by atoms with Crippen molar-refractivity contribution < 1.29 is 9.18 Å². The van der Waals surface area contributed by atoms with Crippen LogP contribution in [0, 0.1) is 19.7 Å². The number of amides is 1. The zero-order valence-electron chi connectivity index (χ0n) is 11.5. The predicted molar refractivity (Wildman–Crippen MR) is 79.4 cm³/mol. The number of nitrogens with one attached hydrogen (secondary N) is 2. The molecule has 4 heteroatoms. The van der Waals surface area contributed by atoms with E-state index in [1.54, 1.807) is 12.1 Å². The number of halogens is 1. The van der Waals surface area contributed by atoms with Crippen molar-refractivity contribution in [3.8, 4) is 0 Å². The molecule has 0 bridgehead atoms. The molecule has 104 valence electrons. The summed E-state index contributed by atoms with van der Waals surface area (Å²) in [5.74, 6) is -0.583. The fourth-order valence-electron chi connectivity index (χ4n) is 2.03. The van der Waals surface area contributed by atoms with Gasteiger partial charge in [0, 0.05) is 11.4 Å². The molecule has 0 aliphatic carbocycles. The summed E-state index contributed by atoms with van der Waals surface area (Å²) in [6.07, 6.45) is 0. The highest BCUT2D eigenvalue weighted by Gasteiger charge is 2.03. The van der Waals surface area contributed by atoms with E-state index in [2.05, 4.69) is 16.7 Å². The summed E-state index contributed by atoms with van der Waals surface area (Å²) in [4.78, 5) is 11.8. The molecule has 0 saturated carbocycles. The molecule has 0 aromatic heterocycles. The van der Waals surface area contributed by atoms with Crippen LogP contribution in [0.25, 0.3) is 0 Å². The molecule has 0 saturated heterocycles. The van der Waals surface area contributed by atoms with Crippen molar-refractivity contribution in [2.24, 2.45) is 0 Å². The van der Waals surface area contributed by atoms with Crippen LogP contribution in [0.3, 0.4) is 0 Å². The third-order valence-corrected chi connectivity index (χ3v) is 2.78. The molecule has 2 N–H and O–H groups in total. The number of hydrogen-bond acceptors (Lipinski definition) is 2. The molecule has 1 amide bonds. The second-order valence-corrected chi connectivity index (χ2v) is 4.79. The number of rotatable bonds is 4. The summed E-state index contributed by atoms with van der Waals surface area (Å²) in [6, 6.07) is 11.8. The molecule has 2 aromatic rings. The number of aryl methyl sites for hydroxylation is 2. The van der Waals surface area contributed by atoms with Crippen LogP contribution in [0.2, 0.25) is 0 Å². The zero-order valence-corrected chi connectivity index (χ0v) is 11.5. The second-order valence-electron chi connectivity index (χ2n) is 4.79. The fourth-order valence-corrected chi connectivity index (χ4v) is 2.03. The van der Waals surface area contributed by atoms with Gasteiger partial charge in [-0.05, 0) is 55.3 Å². The van der Waals surface area contributed by atoms with Gasteiger partial charge in [-0.2, -0.15) is 0 Å². The van der Waals surface area contributed by atoms with Gasteiger partial charge in [-0.15, -0.1) is 0 Å². The lowest BCUT2D eigenvalue weighted by molar-refractivity contribution is -0.114. The van der Waals surface area contributed by atoms with Crippen molar-refractivity contribution in [3.05, 3.63) is 59.4 Å². The molecule has 0 aliphatic rings. The van der Waals surface area contributed by atoms with E-state index in [0.29, 0.717) is 5.69 Å². The van der Waals surface area contributed by atoms with Crippen molar-refractivity contribution in [3.63, 3.8) is 0 Å². The van der Waals surface area contributed by atoms with Crippen molar-refractivity contribution in [2.75, 3.05) is 17.2 Å². The Hall–Kier alpha value is -2.36. The number of hydrogen-bond donors (Lipinski definition) is 2. The van der Waals surface area contributed by atoms with Crippen LogP contribution in [0.4, 0.5) is 15.8 Å². The lowest BCUT2D eigenvalue weighted by Gasteiger charge is -2.09. The minimum absolute atomic E-state index is 0.138. The lowest BCUT2D eigenvalue weighted by atomic mass is 10.1. The van der Waals surface area contributed by atoms with E-state index in [4.69, 9.17) is 0 Å². The smallest absolute Gasteiger partial charge is 0.243 e. The molecule has 0 radical (unpaired) electrons. The van der Waals surface area contributed by atoms with Gasteiger partial charge in [0.15, 0.2) is 0 Å². The second kappa shape index (κ2) is 6.19. The van der Waals surface area contributed by atoms with Crippen LogP contribution < -0.4 is 10.6 Å². The van der Waals surface area contributed by atoms with Crippen molar-refractivity contribution in [1.29, 1.82) is 0 Å². The zero-order chi connectivity index (χ0) is 14.5. The van der Waals surface area contributed by atoms with E-state index in [9.17, 15) is 9.18 Å². The molecule has 0 fully saturated rings. The lowest BCUT2D eigenvalue weighted by Crippen LogP contribution is -2.21. The normalized spacial score (nSPS) is 10.2. The Morgan fingerprint density at radius 3 is 2.40 bits per heavy atom. The molecule has 0 unspecified atom stereocenters. The molecular formula is C16H17FN2O. The van der Waals surface area contributed by atoms with Gasteiger partial charge in [0.2, 0.25) is 5.91 Å². The third kappa shape index (κ3) is 4.09. The van der Waals surface area contributed by atoms with Crippen LogP contribution in [0.5, 0.6) is 0 Å². The molecule has 2 aromatic carbocycles. The largest absolute Gasteiger partial charge is 0.376 e. The molecule has 0 aliphatic heterocycles. The van der Waals surface area contributed by atoms with Crippen LogP contribution in [-0.4, -0.2) is 12.5 Å². The Bertz CT molecular complexity index is 605. The first kappa shape index (κ1) is 14.1. The first-order chi connectivity index (χ1) is 9.52. The third-order valence-electron chi connectivity index (χ3n) is 2.78. The van der Waals surface area contributed by atoms with E-state index in [1.807, 2.05) is 26.0 Å². The SMILES string of the molecule is Cc1cc(C)cc(NCC(=O)Nc2cccc(F)c2)c1. The average molecular weight is 272 g/mol. The maximum absolute atomic E-state index is 13.0. The highest BCUT2D eigenvalue weighted by Crippen LogP contribution is 2.13. The van der Waals surface area contributed by atoms with Crippen LogP contribution in [-0.2, 0) is 4.79 Å². The minimum Gasteiger partial charge on any atom is -0.376 e. The van der Waals surface area contributed by atoms with Gasteiger partial charge < -0.3 is 10.6 Å². The van der Waals surface area contributed by atoms with E-state index in [1.165, 1.54) is 12.1 Å². The molecule has 3 nitrogen and oxygen atoms in total. The first-order valence-corrected chi connectivity index (χ1v) is 6.40. The monoisotopic (exact) mass is 272 g/mol. The van der Waals surface area contributed by atoms with Crippen molar-refractivity contribution >= 4 is 17.3 Å². The minimum atomic E-state index is -0.370. The number of carbonyl (C=O) groups excluding carboxylic acids is 1. The van der Waals surface area contributed by atoms with E-state index in [0.717, 1.165) is 16.8 Å². The topological polar surface area (TPSA) is 41.1 Å². The Morgan fingerprint density at radius 2 is 1.75 bits per heavy atom. The van der Waals surface area contributed by atoms with Crippen molar-refractivity contribution in [2.45, 2.75) is 13.8 Å². The van der Waals surface area contributed by atoms with Gasteiger partial charge in [-0.25, -0.2) is 4.39 Å². The van der Waals surface area contributed by atoms with Crippen molar-refractivity contribution in [1.82, 2.24) is 0 Å². The van der Waals surface area contributed by atoms with Gasteiger partial charge in [-0.1, -0.05) is 12.1 Å². The fraction of sp³-hybridized carbons (Fsp3) is 0.188. The van der Waals surface area contributed by atoms with Gasteiger partial charge in [-0.3, -0.25) is 4.79 Å². The quantitative estimate of drug-likeness (QED) is 0.894. The number of anilines is 2. The van der Waals surface area contributed by atoms with Gasteiger partial charge in [0.1, 0.15) is 5.82 Å². The van der Waals surface area contributed by atoms with E-state index in [-0.39, 0.29) is 18.3 Å². The Morgan fingerprint density at radius 1 is 1.05 bits per heavy atom. The van der Waals surface area contributed by atoms with E-state index < -0.39 is 0 Å². The molecular weight excluding hydrogens is 255 g/mol. The molecule has 2 rings (SSSR count). The summed E-state index contributed by atoms with van der Waals surface area (Å²) in [5, 5.41) is 5.70.